The van der Waals surface area contributed by atoms with Crippen molar-refractivity contribution in [3.63, 3.8) is 0 Å². The monoisotopic (exact) mass is 272 g/mol. The molecule has 1 N–H and O–H groups in total. The molecule has 1 aromatic rings. The summed E-state index contributed by atoms with van der Waals surface area (Å²) in [6.45, 7) is 4.39. The maximum absolute atomic E-state index is 13.3. The molecule has 19 heavy (non-hydrogen) atoms. The summed E-state index contributed by atoms with van der Waals surface area (Å²) in [7, 11) is -1.63. The molecule has 0 saturated heterocycles. The van der Waals surface area contributed by atoms with Gasteiger partial charge in [0.05, 0.1) is 6.61 Å². The summed E-state index contributed by atoms with van der Waals surface area (Å²) in [5.74, 6) is -1.88. The summed E-state index contributed by atoms with van der Waals surface area (Å²) in [6, 6.07) is 3.51. The highest BCUT2D eigenvalue weighted by molar-refractivity contribution is 6.59. The van der Waals surface area contributed by atoms with Gasteiger partial charge in [0, 0.05) is 5.46 Å². The molecule has 0 bridgehead atoms. The van der Waals surface area contributed by atoms with Gasteiger partial charge in [-0.25, -0.2) is 13.7 Å². The third-order valence-electron chi connectivity index (χ3n) is 2.81. The largest absolute Gasteiger partial charge is 0.526 e. The molecule has 3 nitrogen and oxygen atoms in total. The first-order valence-electron chi connectivity index (χ1n) is 6.46. The SMILES string of the molecule is CCCCC(C)COOB(O)c1cccc(F)c1F. The van der Waals surface area contributed by atoms with E-state index in [4.69, 9.17) is 4.89 Å². The van der Waals surface area contributed by atoms with Gasteiger partial charge < -0.3 is 5.02 Å². The molecule has 106 valence electrons. The number of halogens is 2. The average Bonchev–Trinajstić information content (AvgIpc) is 2.39. The van der Waals surface area contributed by atoms with E-state index < -0.39 is 18.8 Å². The summed E-state index contributed by atoms with van der Waals surface area (Å²) in [6.07, 6.45) is 3.18. The summed E-state index contributed by atoms with van der Waals surface area (Å²) in [4.78, 5) is 9.53. The van der Waals surface area contributed by atoms with Crippen molar-refractivity contribution in [2.45, 2.75) is 33.1 Å². The van der Waals surface area contributed by atoms with Crippen LogP contribution in [0.3, 0.4) is 0 Å². The summed E-state index contributed by atoms with van der Waals surface area (Å²) < 4.78 is 26.3. The molecule has 0 aliphatic heterocycles. The highest BCUT2D eigenvalue weighted by atomic mass is 19.2. The number of hydrogen-bond donors (Lipinski definition) is 1. The van der Waals surface area contributed by atoms with Gasteiger partial charge in [0.2, 0.25) is 0 Å². The van der Waals surface area contributed by atoms with Crippen LogP contribution < -0.4 is 5.46 Å². The zero-order valence-electron chi connectivity index (χ0n) is 11.2. The fraction of sp³-hybridized carbons (Fsp3) is 0.538. The van der Waals surface area contributed by atoms with E-state index in [0.29, 0.717) is 6.61 Å². The molecule has 1 unspecified atom stereocenters. The van der Waals surface area contributed by atoms with Crippen LogP contribution in [0.15, 0.2) is 18.2 Å². The zero-order valence-corrected chi connectivity index (χ0v) is 11.2. The van der Waals surface area contributed by atoms with E-state index >= 15 is 0 Å². The molecule has 0 amide bonds. The van der Waals surface area contributed by atoms with Crippen molar-refractivity contribution in [3.8, 4) is 0 Å². The minimum atomic E-state index is -1.63. The topological polar surface area (TPSA) is 38.7 Å². The Morgan fingerprint density at radius 1 is 1.37 bits per heavy atom. The molecule has 0 fully saturated rings. The number of unbranched alkanes of at least 4 members (excludes halogenated alkanes) is 1. The maximum atomic E-state index is 13.3. The van der Waals surface area contributed by atoms with Crippen LogP contribution in [0.2, 0.25) is 0 Å². The molecule has 6 heteroatoms. The van der Waals surface area contributed by atoms with E-state index in [1.807, 2.05) is 6.92 Å². The quantitative estimate of drug-likeness (QED) is 0.448. The molecule has 0 saturated carbocycles. The third-order valence-corrected chi connectivity index (χ3v) is 2.81. The van der Waals surface area contributed by atoms with Gasteiger partial charge in [-0.2, -0.15) is 0 Å². The van der Waals surface area contributed by atoms with Gasteiger partial charge in [0.15, 0.2) is 11.6 Å². The summed E-state index contributed by atoms with van der Waals surface area (Å²) >= 11 is 0. The highest BCUT2D eigenvalue weighted by Crippen LogP contribution is 2.08. The lowest BCUT2D eigenvalue weighted by atomic mass is 9.79. The van der Waals surface area contributed by atoms with Crippen LogP contribution in [0.1, 0.15) is 33.1 Å². The van der Waals surface area contributed by atoms with Crippen LogP contribution in [0.25, 0.3) is 0 Å². The van der Waals surface area contributed by atoms with E-state index in [-0.39, 0.29) is 11.4 Å². The first-order valence-corrected chi connectivity index (χ1v) is 6.46. The van der Waals surface area contributed by atoms with Gasteiger partial charge in [0.25, 0.3) is 0 Å². The Bertz CT molecular complexity index is 390. The Hall–Kier alpha value is -0.975. The van der Waals surface area contributed by atoms with Crippen molar-refractivity contribution in [3.05, 3.63) is 29.8 Å². The van der Waals surface area contributed by atoms with E-state index in [1.165, 1.54) is 12.1 Å². The van der Waals surface area contributed by atoms with Crippen LogP contribution >= 0.6 is 0 Å². The molecule has 0 aromatic heterocycles. The Kier molecular flexibility index (Phi) is 6.98. The van der Waals surface area contributed by atoms with E-state index in [9.17, 15) is 13.8 Å². The third kappa shape index (κ3) is 5.26. The molecule has 1 aromatic carbocycles. The minimum Gasteiger partial charge on any atom is -0.422 e. The lowest BCUT2D eigenvalue weighted by Crippen LogP contribution is -2.37. The Balaban J connectivity index is 2.39. The molecule has 1 rings (SSSR count). The van der Waals surface area contributed by atoms with Crippen LogP contribution in [-0.4, -0.2) is 18.7 Å². The van der Waals surface area contributed by atoms with Gasteiger partial charge in [-0.15, -0.1) is 0 Å². The van der Waals surface area contributed by atoms with Crippen molar-refractivity contribution in [1.29, 1.82) is 0 Å². The van der Waals surface area contributed by atoms with Gasteiger partial charge in [-0.1, -0.05) is 38.8 Å². The molecule has 0 radical (unpaired) electrons. The van der Waals surface area contributed by atoms with Crippen LogP contribution in [0, 0.1) is 17.6 Å². The number of benzene rings is 1. The first kappa shape index (κ1) is 16.1. The number of hydrogen-bond acceptors (Lipinski definition) is 3. The van der Waals surface area contributed by atoms with Crippen molar-refractivity contribution in [1.82, 2.24) is 0 Å². The Morgan fingerprint density at radius 3 is 2.79 bits per heavy atom. The lowest BCUT2D eigenvalue weighted by Gasteiger charge is -2.12. The van der Waals surface area contributed by atoms with Crippen molar-refractivity contribution >= 4 is 12.6 Å². The van der Waals surface area contributed by atoms with E-state index in [0.717, 1.165) is 25.3 Å². The molecule has 0 aliphatic carbocycles. The molecular formula is C13H19BF2O3. The highest BCUT2D eigenvalue weighted by Gasteiger charge is 2.24. The standard InChI is InChI=1S/C13H19BF2O3/c1-3-4-6-10(2)9-18-19-14(17)11-7-5-8-12(15)13(11)16/h5,7-8,10,17H,3-4,6,9H2,1-2H3. The second kappa shape index (κ2) is 8.25. The molecule has 0 heterocycles. The predicted molar refractivity (Wildman–Crippen MR) is 69.7 cm³/mol. The average molecular weight is 272 g/mol. The predicted octanol–water partition coefficient (Wildman–Crippen LogP) is 2.43. The fourth-order valence-corrected chi connectivity index (χ4v) is 1.62. The first-order chi connectivity index (χ1) is 9.06. The zero-order chi connectivity index (χ0) is 14.3. The molecular weight excluding hydrogens is 253 g/mol. The van der Waals surface area contributed by atoms with Gasteiger partial charge in [-0.3, -0.25) is 4.81 Å². The van der Waals surface area contributed by atoms with Gasteiger partial charge in [0.1, 0.15) is 0 Å². The van der Waals surface area contributed by atoms with Crippen molar-refractivity contribution < 1.29 is 23.5 Å². The Morgan fingerprint density at radius 2 is 2.11 bits per heavy atom. The summed E-state index contributed by atoms with van der Waals surface area (Å²) in [5, 5.41) is 9.56. The van der Waals surface area contributed by atoms with Crippen LogP contribution in [0.4, 0.5) is 8.78 Å². The Labute approximate surface area is 112 Å². The summed E-state index contributed by atoms with van der Waals surface area (Å²) in [5.41, 5.74) is -0.277. The molecule has 0 aliphatic rings. The lowest BCUT2D eigenvalue weighted by molar-refractivity contribution is -0.229. The minimum absolute atomic E-state index is 0.277. The van der Waals surface area contributed by atoms with Gasteiger partial charge in [-0.05, 0) is 18.4 Å². The molecule has 1 atom stereocenters. The normalized spacial score (nSPS) is 12.5. The van der Waals surface area contributed by atoms with Crippen molar-refractivity contribution in [2.75, 3.05) is 6.61 Å². The molecule has 0 spiro atoms. The van der Waals surface area contributed by atoms with Gasteiger partial charge >= 0.3 is 7.12 Å². The second-order valence-electron chi connectivity index (χ2n) is 4.62. The number of rotatable bonds is 8. The second-order valence-corrected chi connectivity index (χ2v) is 4.62. The van der Waals surface area contributed by atoms with E-state index in [2.05, 4.69) is 11.7 Å². The van der Waals surface area contributed by atoms with Crippen LogP contribution in [-0.2, 0) is 9.69 Å². The van der Waals surface area contributed by atoms with Crippen molar-refractivity contribution in [2.24, 2.45) is 5.92 Å². The fourth-order valence-electron chi connectivity index (χ4n) is 1.62. The maximum Gasteiger partial charge on any atom is 0.526 e. The smallest absolute Gasteiger partial charge is 0.422 e. The van der Waals surface area contributed by atoms with E-state index in [1.54, 1.807) is 0 Å². The van der Waals surface area contributed by atoms with Crippen LogP contribution in [0.5, 0.6) is 0 Å².